The van der Waals surface area contributed by atoms with E-state index < -0.39 is 11.6 Å². The number of rotatable bonds is 6. The largest absolute Gasteiger partial charge is 0.379 e. The molecule has 0 bridgehead atoms. The third kappa shape index (κ3) is 5.78. The zero-order chi connectivity index (χ0) is 21.1. The summed E-state index contributed by atoms with van der Waals surface area (Å²) in [6.07, 6.45) is 0.729. The highest BCUT2D eigenvalue weighted by atomic mass is 79.9. The molecule has 0 saturated carbocycles. The van der Waals surface area contributed by atoms with Gasteiger partial charge in [0.15, 0.2) is 10.9 Å². The monoisotopic (exact) mass is 531 g/mol. The summed E-state index contributed by atoms with van der Waals surface area (Å²) in [6, 6.07) is 9.16. The van der Waals surface area contributed by atoms with E-state index in [2.05, 4.69) is 25.8 Å². The first-order valence-corrected chi connectivity index (χ1v) is 11.3. The van der Waals surface area contributed by atoms with Crippen LogP contribution >= 0.6 is 39.7 Å². The maximum atomic E-state index is 14.2. The number of hydrogen-bond acceptors (Lipinski definition) is 5. The summed E-state index contributed by atoms with van der Waals surface area (Å²) in [5.74, 6) is -1.61. The van der Waals surface area contributed by atoms with E-state index in [0.29, 0.717) is 35.2 Å². The molecule has 3 aromatic rings. The molecule has 1 aliphatic rings. The molecule has 0 radical (unpaired) electrons. The van der Waals surface area contributed by atoms with Crippen molar-refractivity contribution in [2.45, 2.75) is 6.42 Å². The quantitative estimate of drug-likeness (QED) is 0.442. The molecule has 4 rings (SSSR count). The topological polar surface area (TPSA) is 45.7 Å². The van der Waals surface area contributed by atoms with Gasteiger partial charge in [-0.05, 0) is 30.7 Å². The van der Waals surface area contributed by atoms with Crippen LogP contribution in [0.5, 0.6) is 0 Å². The van der Waals surface area contributed by atoms with Crippen LogP contribution in [-0.2, 0) is 4.74 Å². The number of carbonyl (C=O) groups excluding carboxylic acids is 1. The first kappa shape index (κ1) is 24.0. The standard InChI is InChI=1S/C21H20BrF2N3O2S.ClH/c22-15-4-1-3-14(11-15)20(28)27(6-2-5-26-7-9-29-10-8-26)21-25-19-17(24)12-16(23)13-18(19)30-21;/h1,3-4,11-13H,2,5-10H2;1H. The molecule has 0 atom stereocenters. The highest BCUT2D eigenvalue weighted by molar-refractivity contribution is 9.10. The first-order valence-electron chi connectivity index (χ1n) is 9.64. The van der Waals surface area contributed by atoms with Crippen LogP contribution in [0.25, 0.3) is 10.2 Å². The Hall–Kier alpha value is -1.65. The fourth-order valence-corrected chi connectivity index (χ4v) is 4.83. The molecule has 0 aliphatic carbocycles. The van der Waals surface area contributed by atoms with Crippen molar-refractivity contribution in [3.8, 4) is 0 Å². The van der Waals surface area contributed by atoms with E-state index in [-0.39, 0.29) is 23.8 Å². The number of ether oxygens (including phenoxy) is 1. The van der Waals surface area contributed by atoms with Crippen LogP contribution in [-0.4, -0.2) is 55.2 Å². The zero-order valence-corrected chi connectivity index (χ0v) is 19.7. The smallest absolute Gasteiger partial charge is 0.260 e. The summed E-state index contributed by atoms with van der Waals surface area (Å²) in [5, 5.41) is 0.362. The lowest BCUT2D eigenvalue weighted by Crippen LogP contribution is -2.39. The number of aromatic nitrogens is 1. The Labute approximate surface area is 197 Å². The Morgan fingerprint density at radius 2 is 2.00 bits per heavy atom. The highest BCUT2D eigenvalue weighted by Crippen LogP contribution is 2.32. The molecule has 1 aromatic heterocycles. The average Bonchev–Trinajstić information content (AvgIpc) is 3.15. The van der Waals surface area contributed by atoms with Gasteiger partial charge in [0.1, 0.15) is 11.3 Å². The molecule has 1 saturated heterocycles. The number of fused-ring (bicyclic) bond motifs is 1. The third-order valence-corrected chi connectivity index (χ3v) is 6.43. The van der Waals surface area contributed by atoms with Crippen LogP contribution in [0.2, 0.25) is 0 Å². The Kier molecular flexibility index (Phi) is 8.35. The van der Waals surface area contributed by atoms with Crippen molar-refractivity contribution in [3.05, 3.63) is 58.1 Å². The molecule has 166 valence electrons. The van der Waals surface area contributed by atoms with Crippen molar-refractivity contribution in [2.24, 2.45) is 0 Å². The summed E-state index contributed by atoms with van der Waals surface area (Å²) in [6.45, 7) is 4.40. The highest BCUT2D eigenvalue weighted by Gasteiger charge is 2.23. The molecule has 31 heavy (non-hydrogen) atoms. The predicted molar refractivity (Wildman–Crippen MR) is 124 cm³/mol. The van der Waals surface area contributed by atoms with Crippen LogP contribution < -0.4 is 4.90 Å². The van der Waals surface area contributed by atoms with Gasteiger partial charge < -0.3 is 4.74 Å². The first-order chi connectivity index (χ1) is 14.5. The van der Waals surface area contributed by atoms with Crippen molar-refractivity contribution in [1.29, 1.82) is 0 Å². The number of nitrogens with zero attached hydrogens (tertiary/aromatic N) is 3. The number of amides is 1. The van der Waals surface area contributed by atoms with E-state index in [1.165, 1.54) is 6.07 Å². The number of anilines is 1. The molecular weight excluding hydrogens is 512 g/mol. The van der Waals surface area contributed by atoms with Crippen molar-refractivity contribution in [2.75, 3.05) is 44.3 Å². The van der Waals surface area contributed by atoms with Gasteiger partial charge in [-0.15, -0.1) is 12.4 Å². The van der Waals surface area contributed by atoms with E-state index in [1.807, 2.05) is 6.07 Å². The molecule has 0 unspecified atom stereocenters. The number of benzene rings is 2. The van der Waals surface area contributed by atoms with Gasteiger partial charge in [0.25, 0.3) is 5.91 Å². The number of halogens is 4. The van der Waals surface area contributed by atoms with Gasteiger partial charge >= 0.3 is 0 Å². The molecule has 2 aromatic carbocycles. The Morgan fingerprint density at radius 3 is 2.74 bits per heavy atom. The van der Waals surface area contributed by atoms with Crippen LogP contribution in [0, 0.1) is 11.6 Å². The normalized spacial score (nSPS) is 14.4. The molecule has 10 heteroatoms. The fraction of sp³-hybridized carbons (Fsp3) is 0.333. The molecule has 5 nitrogen and oxygen atoms in total. The lowest BCUT2D eigenvalue weighted by molar-refractivity contribution is 0.0376. The van der Waals surface area contributed by atoms with E-state index in [4.69, 9.17) is 4.74 Å². The van der Waals surface area contributed by atoms with Crippen LogP contribution in [0.15, 0.2) is 40.9 Å². The van der Waals surface area contributed by atoms with Crippen molar-refractivity contribution >= 4 is 60.9 Å². The second-order valence-corrected chi connectivity index (χ2v) is 8.93. The minimum atomic E-state index is -0.726. The van der Waals surface area contributed by atoms with Crippen molar-refractivity contribution in [3.63, 3.8) is 0 Å². The van der Waals surface area contributed by atoms with E-state index in [1.54, 1.807) is 23.1 Å². The maximum Gasteiger partial charge on any atom is 0.260 e. The number of carbonyl (C=O) groups is 1. The Morgan fingerprint density at radius 1 is 1.23 bits per heavy atom. The van der Waals surface area contributed by atoms with E-state index >= 15 is 0 Å². The Bertz CT molecular complexity index is 1060. The van der Waals surface area contributed by atoms with Gasteiger partial charge in [-0.25, -0.2) is 13.8 Å². The van der Waals surface area contributed by atoms with Crippen molar-refractivity contribution < 1.29 is 18.3 Å². The minimum absolute atomic E-state index is 0. The van der Waals surface area contributed by atoms with Gasteiger partial charge in [0.2, 0.25) is 0 Å². The lowest BCUT2D eigenvalue weighted by Gasteiger charge is -2.27. The number of thiazole rings is 1. The summed E-state index contributed by atoms with van der Waals surface area (Å²) in [5.41, 5.74) is 0.582. The van der Waals surface area contributed by atoms with Gasteiger partial charge in [0, 0.05) is 42.3 Å². The molecule has 1 aliphatic heterocycles. The number of morpholine rings is 1. The van der Waals surface area contributed by atoms with Crippen LogP contribution in [0.3, 0.4) is 0 Å². The zero-order valence-electron chi connectivity index (χ0n) is 16.5. The van der Waals surface area contributed by atoms with Gasteiger partial charge in [0.05, 0.1) is 17.9 Å². The molecule has 1 amide bonds. The molecule has 1 fully saturated rings. The molecular formula is C21H21BrClF2N3O2S. The average molecular weight is 533 g/mol. The fourth-order valence-electron chi connectivity index (χ4n) is 3.40. The lowest BCUT2D eigenvalue weighted by atomic mass is 10.2. The molecule has 0 spiro atoms. The second kappa shape index (κ2) is 10.8. The summed E-state index contributed by atoms with van der Waals surface area (Å²) in [7, 11) is 0. The molecule has 2 heterocycles. The van der Waals surface area contributed by atoms with E-state index in [0.717, 1.165) is 47.9 Å². The van der Waals surface area contributed by atoms with E-state index in [9.17, 15) is 13.6 Å². The summed E-state index contributed by atoms with van der Waals surface area (Å²) >= 11 is 4.51. The van der Waals surface area contributed by atoms with Gasteiger partial charge in [-0.2, -0.15) is 0 Å². The third-order valence-electron chi connectivity index (χ3n) is 4.91. The minimum Gasteiger partial charge on any atom is -0.379 e. The number of hydrogen-bond donors (Lipinski definition) is 0. The molecule has 0 N–H and O–H groups in total. The Balaban J connectivity index is 0.00000272. The van der Waals surface area contributed by atoms with Crippen molar-refractivity contribution in [1.82, 2.24) is 9.88 Å². The van der Waals surface area contributed by atoms with Crippen LogP contribution in [0.1, 0.15) is 16.8 Å². The van der Waals surface area contributed by atoms with Gasteiger partial charge in [-0.3, -0.25) is 14.6 Å². The maximum absolute atomic E-state index is 14.2. The van der Waals surface area contributed by atoms with Gasteiger partial charge in [-0.1, -0.05) is 33.3 Å². The SMILES string of the molecule is Cl.O=C(c1cccc(Br)c1)N(CCCN1CCOCC1)c1nc2c(F)cc(F)cc2s1. The summed E-state index contributed by atoms with van der Waals surface area (Å²) in [4.78, 5) is 21.5. The summed E-state index contributed by atoms with van der Waals surface area (Å²) < 4.78 is 34.3. The second-order valence-electron chi connectivity index (χ2n) is 7.01. The predicted octanol–water partition coefficient (Wildman–Crippen LogP) is 5.13. The van der Waals surface area contributed by atoms with Crippen LogP contribution in [0.4, 0.5) is 13.9 Å².